The molecule has 0 aromatic heterocycles. The Hall–Kier alpha value is -2.98. The van der Waals surface area contributed by atoms with Gasteiger partial charge in [-0.1, -0.05) is 48.0 Å². The molecule has 5 rings (SSSR count). The van der Waals surface area contributed by atoms with Crippen LogP contribution in [0.15, 0.2) is 66.7 Å². The summed E-state index contributed by atoms with van der Waals surface area (Å²) in [6.07, 6.45) is 3.58. The highest BCUT2D eigenvalue weighted by atomic mass is 35.5. The van der Waals surface area contributed by atoms with Crippen molar-refractivity contribution in [3.05, 3.63) is 82.9 Å². The van der Waals surface area contributed by atoms with Gasteiger partial charge in [0.2, 0.25) is 5.91 Å². The number of anilines is 2. The lowest BCUT2D eigenvalue weighted by molar-refractivity contribution is -0.116. The molecule has 1 N–H and O–H groups in total. The summed E-state index contributed by atoms with van der Waals surface area (Å²) in [6.45, 7) is 1.99. The fourth-order valence-corrected chi connectivity index (χ4v) is 4.59. The quantitative estimate of drug-likeness (QED) is 0.550. The Bertz CT molecular complexity index is 1050. The number of hydrogen-bond donors (Lipinski definition) is 1. The first-order chi connectivity index (χ1) is 14.7. The van der Waals surface area contributed by atoms with Crippen LogP contribution in [0.25, 0.3) is 0 Å². The molecular weight excluding hydrogens is 396 g/mol. The van der Waals surface area contributed by atoms with E-state index in [1.807, 2.05) is 66.7 Å². The van der Waals surface area contributed by atoms with Crippen LogP contribution in [-0.2, 0) is 4.79 Å². The van der Waals surface area contributed by atoms with E-state index in [-0.39, 0.29) is 5.91 Å². The van der Waals surface area contributed by atoms with Gasteiger partial charge in [0.15, 0.2) is 0 Å². The smallest absolute Gasteiger partial charge is 0.236 e. The Balaban J connectivity index is 1.52. The normalized spacial score (nSPS) is 15.7. The van der Waals surface area contributed by atoms with E-state index in [9.17, 15) is 4.79 Å². The van der Waals surface area contributed by atoms with Crippen LogP contribution in [0.1, 0.15) is 36.3 Å². The number of carbonyl (C=O) groups is 1. The number of benzene rings is 3. The van der Waals surface area contributed by atoms with Crippen LogP contribution in [0.3, 0.4) is 0 Å². The molecule has 3 aromatic carbocycles. The fraction of sp³-hybridized carbons (Fsp3) is 0.240. The number of rotatable bonds is 3. The molecule has 3 aromatic rings. The molecule has 0 radical (unpaired) electrons. The second-order valence-corrected chi connectivity index (χ2v) is 8.25. The van der Waals surface area contributed by atoms with Crippen molar-refractivity contribution in [3.63, 3.8) is 0 Å². The highest BCUT2D eigenvalue weighted by Crippen LogP contribution is 2.44. The highest BCUT2D eigenvalue weighted by molar-refractivity contribution is 6.31. The number of piperidine rings is 1. The third-order valence-corrected chi connectivity index (χ3v) is 6.09. The van der Waals surface area contributed by atoms with E-state index in [2.05, 4.69) is 10.2 Å². The monoisotopic (exact) mass is 418 g/mol. The molecule has 0 atom stereocenters. The maximum absolute atomic E-state index is 13.6. The van der Waals surface area contributed by atoms with Crippen molar-refractivity contribution in [1.82, 2.24) is 0 Å². The summed E-state index contributed by atoms with van der Waals surface area (Å²) in [6, 6.07) is 21.2. The molecule has 5 heteroatoms. The van der Waals surface area contributed by atoms with Crippen molar-refractivity contribution in [1.29, 1.82) is 0 Å². The lowest BCUT2D eigenvalue weighted by Gasteiger charge is -2.31. The molecule has 152 valence electrons. The van der Waals surface area contributed by atoms with E-state index in [1.165, 1.54) is 6.42 Å². The van der Waals surface area contributed by atoms with Gasteiger partial charge in [-0.15, -0.1) is 0 Å². The van der Waals surface area contributed by atoms with Gasteiger partial charge in [0.25, 0.3) is 0 Å². The third-order valence-electron chi connectivity index (χ3n) is 5.86. The van der Waals surface area contributed by atoms with Gasteiger partial charge in [-0.25, -0.2) is 0 Å². The Kier molecular flexibility index (Phi) is 5.09. The molecule has 1 saturated heterocycles. The van der Waals surface area contributed by atoms with E-state index in [0.29, 0.717) is 5.02 Å². The average Bonchev–Trinajstić information content (AvgIpc) is 2.78. The van der Waals surface area contributed by atoms with Crippen LogP contribution in [0.4, 0.5) is 11.4 Å². The number of carbonyl (C=O) groups excluding carboxylic acids is 1. The lowest BCUT2D eigenvalue weighted by Crippen LogP contribution is -2.31. The van der Waals surface area contributed by atoms with Crippen LogP contribution in [0, 0.1) is 0 Å². The molecule has 1 fully saturated rings. The first-order valence-electron chi connectivity index (χ1n) is 10.4. The summed E-state index contributed by atoms with van der Waals surface area (Å²) in [7, 11) is 0. The molecule has 2 aliphatic heterocycles. The fourth-order valence-electron chi connectivity index (χ4n) is 4.42. The van der Waals surface area contributed by atoms with Crippen LogP contribution in [0.2, 0.25) is 5.02 Å². The largest absolute Gasteiger partial charge is 0.457 e. The average molecular weight is 419 g/mol. The molecule has 0 aliphatic carbocycles. The molecule has 1 amide bonds. The van der Waals surface area contributed by atoms with E-state index in [4.69, 9.17) is 16.3 Å². The SMILES string of the molecule is O=C(Nc1cc(Cl)ccc1N1CCCCC1)C1c2ccccc2Oc2ccccc21. The molecule has 30 heavy (non-hydrogen) atoms. The predicted molar refractivity (Wildman–Crippen MR) is 121 cm³/mol. The number of amides is 1. The lowest BCUT2D eigenvalue weighted by atomic mass is 9.87. The second kappa shape index (κ2) is 8.04. The number of halogens is 1. The van der Waals surface area contributed by atoms with Gasteiger partial charge in [-0.2, -0.15) is 0 Å². The van der Waals surface area contributed by atoms with Gasteiger partial charge in [0.05, 0.1) is 17.3 Å². The third kappa shape index (κ3) is 3.52. The topological polar surface area (TPSA) is 41.6 Å². The number of nitrogens with one attached hydrogen (secondary N) is 1. The van der Waals surface area contributed by atoms with Crippen LogP contribution in [-0.4, -0.2) is 19.0 Å². The van der Waals surface area contributed by atoms with Crippen LogP contribution in [0.5, 0.6) is 11.5 Å². The zero-order valence-electron chi connectivity index (χ0n) is 16.6. The van der Waals surface area contributed by atoms with Gasteiger partial charge in [-0.05, 0) is 49.6 Å². The first-order valence-corrected chi connectivity index (χ1v) is 10.8. The minimum Gasteiger partial charge on any atom is -0.457 e. The summed E-state index contributed by atoms with van der Waals surface area (Å²) in [5.41, 5.74) is 3.53. The Morgan fingerprint density at radius 2 is 1.53 bits per heavy atom. The summed E-state index contributed by atoms with van der Waals surface area (Å²) in [5, 5.41) is 3.79. The maximum Gasteiger partial charge on any atom is 0.236 e. The van der Waals surface area contributed by atoms with E-state index in [0.717, 1.165) is 59.9 Å². The number of hydrogen-bond acceptors (Lipinski definition) is 3. The van der Waals surface area contributed by atoms with Gasteiger partial charge in [-0.3, -0.25) is 4.79 Å². The molecule has 0 spiro atoms. The van der Waals surface area contributed by atoms with E-state index >= 15 is 0 Å². The summed E-state index contributed by atoms with van der Waals surface area (Å²) in [4.78, 5) is 15.9. The van der Waals surface area contributed by atoms with Gasteiger partial charge in [0.1, 0.15) is 11.5 Å². The zero-order valence-corrected chi connectivity index (χ0v) is 17.4. The van der Waals surface area contributed by atoms with Crippen molar-refractivity contribution in [2.24, 2.45) is 0 Å². The molecule has 0 bridgehead atoms. The standard InChI is InChI=1S/C25H23ClN2O2/c26-17-12-13-21(28-14-6-1-7-15-28)20(16-17)27-25(29)24-18-8-2-4-10-22(18)30-23-11-5-3-9-19(23)24/h2-5,8-13,16,24H,1,6-7,14-15H2,(H,27,29). The predicted octanol–water partition coefficient (Wildman–Crippen LogP) is 6.21. The van der Waals surface area contributed by atoms with Crippen molar-refractivity contribution in [3.8, 4) is 11.5 Å². The number of ether oxygens (including phenoxy) is 1. The van der Waals surface area contributed by atoms with Crippen LogP contribution < -0.4 is 15.0 Å². The molecule has 0 unspecified atom stereocenters. The number of para-hydroxylation sites is 2. The summed E-state index contributed by atoms with van der Waals surface area (Å²) < 4.78 is 6.04. The molecular formula is C25H23ClN2O2. The highest BCUT2D eigenvalue weighted by Gasteiger charge is 2.33. The molecule has 2 heterocycles. The van der Waals surface area contributed by atoms with E-state index < -0.39 is 5.92 Å². The van der Waals surface area contributed by atoms with Crippen molar-refractivity contribution < 1.29 is 9.53 Å². The number of nitrogens with zero attached hydrogens (tertiary/aromatic N) is 1. The maximum atomic E-state index is 13.6. The minimum atomic E-state index is -0.445. The van der Waals surface area contributed by atoms with Gasteiger partial charge < -0.3 is 15.0 Å². The van der Waals surface area contributed by atoms with Crippen molar-refractivity contribution in [2.45, 2.75) is 25.2 Å². The van der Waals surface area contributed by atoms with Crippen molar-refractivity contribution in [2.75, 3.05) is 23.3 Å². The first kappa shape index (κ1) is 19.0. The van der Waals surface area contributed by atoms with Gasteiger partial charge >= 0.3 is 0 Å². The molecule has 0 saturated carbocycles. The zero-order chi connectivity index (χ0) is 20.5. The van der Waals surface area contributed by atoms with Crippen LogP contribution >= 0.6 is 11.6 Å². The Labute approximate surface area is 181 Å². The number of fused-ring (bicyclic) bond motifs is 2. The summed E-state index contributed by atoms with van der Waals surface area (Å²) >= 11 is 6.30. The van der Waals surface area contributed by atoms with E-state index in [1.54, 1.807) is 0 Å². The van der Waals surface area contributed by atoms with Gasteiger partial charge in [0, 0.05) is 29.2 Å². The van der Waals surface area contributed by atoms with Crippen molar-refractivity contribution >= 4 is 28.9 Å². The summed E-state index contributed by atoms with van der Waals surface area (Å²) in [5.74, 6) is 0.912. The Morgan fingerprint density at radius 1 is 0.900 bits per heavy atom. The molecule has 4 nitrogen and oxygen atoms in total. The molecule has 2 aliphatic rings. The Morgan fingerprint density at radius 3 is 2.20 bits per heavy atom. The second-order valence-electron chi connectivity index (χ2n) is 7.81. The minimum absolute atomic E-state index is 0.0845.